The molecule has 0 saturated carbocycles. The van der Waals surface area contributed by atoms with Gasteiger partial charge < -0.3 is 15.1 Å². The normalized spacial score (nSPS) is 14.3. The van der Waals surface area contributed by atoms with Crippen molar-refractivity contribution >= 4 is 23.3 Å². The van der Waals surface area contributed by atoms with Gasteiger partial charge in [-0.25, -0.2) is 4.98 Å². The van der Waals surface area contributed by atoms with Crippen LogP contribution in [0.15, 0.2) is 42.6 Å². The van der Waals surface area contributed by atoms with Gasteiger partial charge in [-0.15, -0.1) is 0 Å². The maximum absolute atomic E-state index is 12.9. The van der Waals surface area contributed by atoms with Crippen LogP contribution in [0.2, 0.25) is 0 Å². The lowest BCUT2D eigenvalue weighted by Crippen LogP contribution is -2.49. The molecule has 29 heavy (non-hydrogen) atoms. The number of piperazine rings is 1. The van der Waals surface area contributed by atoms with Crippen LogP contribution in [0.3, 0.4) is 0 Å². The number of hydrogen-bond donors (Lipinski definition) is 1. The molecule has 0 unspecified atom stereocenters. The van der Waals surface area contributed by atoms with Crippen LogP contribution in [-0.2, 0) is 4.79 Å². The molecule has 0 aliphatic carbocycles. The van der Waals surface area contributed by atoms with Crippen LogP contribution in [-0.4, -0.2) is 47.9 Å². The van der Waals surface area contributed by atoms with Gasteiger partial charge in [0.05, 0.1) is 5.56 Å². The summed E-state index contributed by atoms with van der Waals surface area (Å²) in [6.45, 7) is 7.83. The molecule has 2 heterocycles. The third-order valence-corrected chi connectivity index (χ3v) is 4.82. The summed E-state index contributed by atoms with van der Waals surface area (Å²) in [4.78, 5) is 33.3. The summed E-state index contributed by atoms with van der Waals surface area (Å²) in [6.07, 6.45) is 1.67. The second-order valence-electron chi connectivity index (χ2n) is 8.05. The Labute approximate surface area is 171 Å². The molecule has 7 heteroatoms. The Bertz CT molecular complexity index is 950. The third kappa shape index (κ3) is 4.72. The SMILES string of the molecule is CC(C)(C)C(=O)Nc1cccc(C(=O)N2CCN(c3ncccc3C#N)CC2)c1. The number of pyridine rings is 1. The first-order valence-corrected chi connectivity index (χ1v) is 9.60. The van der Waals surface area contributed by atoms with E-state index in [1.807, 2.05) is 25.7 Å². The molecular formula is C22H25N5O2. The Morgan fingerprint density at radius 3 is 2.48 bits per heavy atom. The fourth-order valence-corrected chi connectivity index (χ4v) is 3.09. The van der Waals surface area contributed by atoms with E-state index in [0.717, 1.165) is 0 Å². The highest BCUT2D eigenvalue weighted by Crippen LogP contribution is 2.21. The number of carbonyl (C=O) groups is 2. The predicted octanol–water partition coefficient (Wildman–Crippen LogP) is 2.90. The van der Waals surface area contributed by atoms with Gasteiger partial charge in [0.25, 0.3) is 5.91 Å². The monoisotopic (exact) mass is 391 g/mol. The molecule has 0 spiro atoms. The van der Waals surface area contributed by atoms with Gasteiger partial charge in [0.15, 0.2) is 0 Å². The topological polar surface area (TPSA) is 89.3 Å². The molecule has 0 radical (unpaired) electrons. The van der Waals surface area contributed by atoms with Crippen molar-refractivity contribution in [2.45, 2.75) is 20.8 Å². The zero-order valence-corrected chi connectivity index (χ0v) is 17.0. The van der Waals surface area contributed by atoms with Crippen molar-refractivity contribution < 1.29 is 9.59 Å². The number of benzene rings is 1. The highest BCUT2D eigenvalue weighted by Gasteiger charge is 2.25. The summed E-state index contributed by atoms with van der Waals surface area (Å²) >= 11 is 0. The Hall–Kier alpha value is -3.40. The summed E-state index contributed by atoms with van der Waals surface area (Å²) in [5.74, 6) is 0.492. The quantitative estimate of drug-likeness (QED) is 0.869. The second kappa shape index (κ2) is 8.31. The van der Waals surface area contributed by atoms with Crippen LogP contribution in [0.25, 0.3) is 0 Å². The predicted molar refractivity (Wildman–Crippen MR) is 112 cm³/mol. The van der Waals surface area contributed by atoms with Crippen LogP contribution in [0.1, 0.15) is 36.7 Å². The van der Waals surface area contributed by atoms with E-state index in [1.54, 1.807) is 47.5 Å². The van der Waals surface area contributed by atoms with Crippen molar-refractivity contribution in [1.29, 1.82) is 5.26 Å². The zero-order chi connectivity index (χ0) is 21.0. The van der Waals surface area contributed by atoms with E-state index in [1.165, 1.54) is 0 Å². The van der Waals surface area contributed by atoms with Gasteiger partial charge in [-0.05, 0) is 30.3 Å². The van der Waals surface area contributed by atoms with Crippen LogP contribution in [0, 0.1) is 16.7 Å². The lowest BCUT2D eigenvalue weighted by Gasteiger charge is -2.35. The average molecular weight is 391 g/mol. The van der Waals surface area contributed by atoms with Gasteiger partial charge in [0.1, 0.15) is 11.9 Å². The van der Waals surface area contributed by atoms with Crippen molar-refractivity contribution in [3.8, 4) is 6.07 Å². The number of amides is 2. The van der Waals surface area contributed by atoms with Gasteiger partial charge in [-0.3, -0.25) is 9.59 Å². The molecular weight excluding hydrogens is 366 g/mol. The maximum Gasteiger partial charge on any atom is 0.254 e. The van der Waals surface area contributed by atoms with Gasteiger partial charge in [-0.2, -0.15) is 5.26 Å². The first kappa shape index (κ1) is 20.3. The maximum atomic E-state index is 12.9. The zero-order valence-electron chi connectivity index (χ0n) is 17.0. The lowest BCUT2D eigenvalue weighted by atomic mass is 9.95. The van der Waals surface area contributed by atoms with Crippen LogP contribution in [0.4, 0.5) is 11.5 Å². The first-order chi connectivity index (χ1) is 13.8. The third-order valence-electron chi connectivity index (χ3n) is 4.82. The number of nitrogens with zero attached hydrogens (tertiary/aromatic N) is 4. The van der Waals surface area contributed by atoms with Gasteiger partial charge in [0, 0.05) is 49.0 Å². The second-order valence-corrected chi connectivity index (χ2v) is 8.05. The van der Waals surface area contributed by atoms with Crippen LogP contribution < -0.4 is 10.2 Å². The fourth-order valence-electron chi connectivity index (χ4n) is 3.09. The number of aromatic nitrogens is 1. The summed E-state index contributed by atoms with van der Waals surface area (Å²) in [7, 11) is 0. The Morgan fingerprint density at radius 2 is 1.83 bits per heavy atom. The molecule has 3 rings (SSSR count). The van der Waals surface area contributed by atoms with E-state index in [0.29, 0.717) is 48.8 Å². The van der Waals surface area contributed by atoms with Crippen molar-refractivity contribution in [3.05, 3.63) is 53.7 Å². The van der Waals surface area contributed by atoms with E-state index in [-0.39, 0.29) is 11.8 Å². The highest BCUT2D eigenvalue weighted by molar-refractivity contribution is 5.98. The van der Waals surface area contributed by atoms with E-state index in [2.05, 4.69) is 16.4 Å². The Balaban J connectivity index is 1.66. The van der Waals surface area contributed by atoms with Crippen molar-refractivity contribution in [3.63, 3.8) is 0 Å². The number of anilines is 2. The van der Waals surface area contributed by atoms with E-state index in [4.69, 9.17) is 0 Å². The number of hydrogen-bond acceptors (Lipinski definition) is 5. The van der Waals surface area contributed by atoms with Crippen LogP contribution >= 0.6 is 0 Å². The molecule has 2 aromatic rings. The minimum absolute atomic E-state index is 0.0713. The minimum atomic E-state index is -0.510. The summed E-state index contributed by atoms with van der Waals surface area (Å²) in [6, 6.07) is 12.7. The molecule has 150 valence electrons. The summed E-state index contributed by atoms with van der Waals surface area (Å²) < 4.78 is 0. The van der Waals surface area contributed by atoms with Gasteiger partial charge in [0.2, 0.25) is 5.91 Å². The molecule has 0 bridgehead atoms. The van der Waals surface area contributed by atoms with E-state index >= 15 is 0 Å². The van der Waals surface area contributed by atoms with E-state index < -0.39 is 5.41 Å². The van der Waals surface area contributed by atoms with Crippen molar-refractivity contribution in [2.75, 3.05) is 36.4 Å². The highest BCUT2D eigenvalue weighted by atomic mass is 16.2. The van der Waals surface area contributed by atoms with Crippen molar-refractivity contribution in [2.24, 2.45) is 5.41 Å². The molecule has 1 aliphatic rings. The molecule has 1 N–H and O–H groups in total. The molecule has 2 amide bonds. The smallest absolute Gasteiger partial charge is 0.254 e. The molecule has 1 aromatic heterocycles. The molecule has 0 atom stereocenters. The molecule has 1 saturated heterocycles. The minimum Gasteiger partial charge on any atom is -0.352 e. The fraction of sp³-hybridized carbons (Fsp3) is 0.364. The Morgan fingerprint density at radius 1 is 1.10 bits per heavy atom. The number of rotatable bonds is 3. The summed E-state index contributed by atoms with van der Waals surface area (Å²) in [5.41, 5.74) is 1.18. The lowest BCUT2D eigenvalue weighted by molar-refractivity contribution is -0.123. The van der Waals surface area contributed by atoms with Crippen LogP contribution in [0.5, 0.6) is 0 Å². The molecule has 1 fully saturated rings. The molecule has 7 nitrogen and oxygen atoms in total. The average Bonchev–Trinajstić information content (AvgIpc) is 2.73. The molecule has 1 aromatic carbocycles. The standard InChI is InChI=1S/C22H25N5O2/c1-22(2,3)21(29)25-18-8-4-6-16(14-18)20(28)27-12-10-26(11-13-27)19-17(15-23)7-5-9-24-19/h4-9,14H,10-13H2,1-3H3,(H,25,29). The first-order valence-electron chi connectivity index (χ1n) is 9.60. The largest absolute Gasteiger partial charge is 0.352 e. The number of nitriles is 1. The summed E-state index contributed by atoms with van der Waals surface area (Å²) in [5, 5.41) is 12.1. The number of nitrogens with one attached hydrogen (secondary N) is 1. The number of carbonyl (C=O) groups excluding carboxylic acids is 2. The Kier molecular flexibility index (Phi) is 5.83. The molecule has 1 aliphatic heterocycles. The van der Waals surface area contributed by atoms with E-state index in [9.17, 15) is 14.9 Å². The van der Waals surface area contributed by atoms with Gasteiger partial charge in [-0.1, -0.05) is 26.8 Å². The van der Waals surface area contributed by atoms with Crippen molar-refractivity contribution in [1.82, 2.24) is 9.88 Å². The van der Waals surface area contributed by atoms with Gasteiger partial charge >= 0.3 is 0 Å².